The lowest BCUT2D eigenvalue weighted by Gasteiger charge is -2.41. The molecule has 8 heteroatoms. The minimum atomic E-state index is -1.10. The van der Waals surface area contributed by atoms with Crippen LogP contribution in [0.5, 0.6) is 5.75 Å². The molecule has 2 fully saturated rings. The first-order chi connectivity index (χ1) is 14.4. The van der Waals surface area contributed by atoms with Crippen molar-refractivity contribution >= 4 is 11.7 Å². The summed E-state index contributed by atoms with van der Waals surface area (Å²) in [5, 5.41) is 14.0. The zero-order valence-corrected chi connectivity index (χ0v) is 17.1. The molecule has 2 aliphatic rings. The highest BCUT2D eigenvalue weighted by Gasteiger charge is 2.38. The van der Waals surface area contributed by atoms with Crippen LogP contribution < -0.4 is 15.6 Å². The molecule has 8 nitrogen and oxygen atoms in total. The molecule has 0 spiro atoms. The monoisotopic (exact) mass is 412 g/mol. The summed E-state index contributed by atoms with van der Waals surface area (Å²) < 4.78 is 5.67. The Balaban J connectivity index is 1.35. The molecule has 0 radical (unpaired) electrons. The van der Waals surface area contributed by atoms with Gasteiger partial charge in [-0.2, -0.15) is 0 Å². The number of carbonyl (C=O) groups excluding carboxylic acids is 1. The lowest BCUT2D eigenvalue weighted by atomic mass is 9.86. The minimum Gasteiger partial charge on any atom is -0.492 e. The molecule has 1 amide bonds. The van der Waals surface area contributed by atoms with Crippen LogP contribution in [0.25, 0.3) is 0 Å². The molecule has 3 heterocycles. The topological polar surface area (TPSA) is 108 Å². The fourth-order valence-electron chi connectivity index (χ4n) is 3.77. The van der Waals surface area contributed by atoms with Crippen LogP contribution in [-0.2, 0) is 10.4 Å². The second-order valence-corrected chi connectivity index (χ2v) is 8.35. The number of nitrogens with zero attached hydrogens (tertiary/aromatic N) is 2. The van der Waals surface area contributed by atoms with E-state index in [9.17, 15) is 14.7 Å². The number of anilines is 1. The van der Waals surface area contributed by atoms with Crippen molar-refractivity contribution in [1.29, 1.82) is 0 Å². The molecule has 2 aromatic rings. The van der Waals surface area contributed by atoms with E-state index in [1.807, 2.05) is 17.9 Å². The van der Waals surface area contributed by atoms with Crippen molar-refractivity contribution in [2.24, 2.45) is 5.92 Å². The van der Waals surface area contributed by atoms with Crippen molar-refractivity contribution in [3.8, 4) is 5.75 Å². The number of likely N-dealkylation sites (tertiary alicyclic amines) is 1. The van der Waals surface area contributed by atoms with Gasteiger partial charge in [-0.15, -0.1) is 0 Å². The highest BCUT2D eigenvalue weighted by molar-refractivity contribution is 5.93. The summed E-state index contributed by atoms with van der Waals surface area (Å²) in [5.74, 6) is 1.66. The molecule has 2 atom stereocenters. The van der Waals surface area contributed by atoms with Crippen molar-refractivity contribution in [2.75, 3.05) is 25.0 Å². The van der Waals surface area contributed by atoms with Crippen LogP contribution in [-0.4, -0.2) is 51.6 Å². The van der Waals surface area contributed by atoms with Gasteiger partial charge >= 0.3 is 0 Å². The fraction of sp³-hybridized carbons (Fsp3) is 0.500. The lowest BCUT2D eigenvalue weighted by Crippen LogP contribution is -2.52. The highest BCUT2D eigenvalue weighted by atomic mass is 16.5. The van der Waals surface area contributed by atoms with Gasteiger partial charge in [0.2, 0.25) is 11.5 Å². The van der Waals surface area contributed by atoms with Crippen molar-refractivity contribution in [3.63, 3.8) is 0 Å². The van der Waals surface area contributed by atoms with Crippen LogP contribution in [0.2, 0.25) is 0 Å². The quantitative estimate of drug-likeness (QED) is 0.641. The number of hydrogen-bond acceptors (Lipinski definition) is 6. The van der Waals surface area contributed by atoms with Crippen molar-refractivity contribution in [2.45, 2.75) is 44.2 Å². The van der Waals surface area contributed by atoms with Gasteiger partial charge in [0.05, 0.1) is 18.8 Å². The first-order valence-corrected chi connectivity index (χ1v) is 10.5. The molecule has 1 aliphatic heterocycles. The number of pyridine rings is 2. The molecule has 30 heavy (non-hydrogen) atoms. The van der Waals surface area contributed by atoms with E-state index in [4.69, 9.17) is 4.74 Å². The normalized spacial score (nSPS) is 23.0. The Labute approximate surface area is 175 Å². The summed E-state index contributed by atoms with van der Waals surface area (Å²) in [5.41, 5.74) is -0.655. The molecule has 1 saturated heterocycles. The van der Waals surface area contributed by atoms with E-state index in [0.29, 0.717) is 42.6 Å². The largest absolute Gasteiger partial charge is 0.492 e. The van der Waals surface area contributed by atoms with E-state index >= 15 is 0 Å². The Morgan fingerprint density at radius 2 is 2.23 bits per heavy atom. The molecule has 0 bridgehead atoms. The van der Waals surface area contributed by atoms with Gasteiger partial charge in [0, 0.05) is 24.4 Å². The number of amides is 1. The number of H-pyrrole nitrogens is 1. The Hall–Kier alpha value is -2.71. The maximum Gasteiger partial charge on any atom is 0.247 e. The third-order valence-electron chi connectivity index (χ3n) is 5.92. The number of aromatic nitrogens is 2. The van der Waals surface area contributed by atoms with Gasteiger partial charge in [0.1, 0.15) is 17.2 Å². The zero-order valence-electron chi connectivity index (χ0n) is 17.1. The number of aliphatic hydroxyl groups is 1. The third-order valence-corrected chi connectivity index (χ3v) is 5.92. The van der Waals surface area contributed by atoms with Crippen molar-refractivity contribution in [3.05, 3.63) is 52.6 Å². The molecular formula is C22H28N4O4. The number of rotatable bonds is 7. The van der Waals surface area contributed by atoms with Gasteiger partial charge < -0.3 is 20.1 Å². The number of nitrogens with one attached hydrogen (secondary N) is 2. The number of aromatic amines is 1. The first-order valence-electron chi connectivity index (χ1n) is 10.5. The maximum absolute atomic E-state index is 12.8. The lowest BCUT2D eigenvalue weighted by molar-refractivity contribution is -0.124. The van der Waals surface area contributed by atoms with Gasteiger partial charge in [-0.1, -0.05) is 0 Å². The number of β-amino-alcohol motifs (C(OH)–C–C–N with tert-alkyl or cyclic N) is 1. The van der Waals surface area contributed by atoms with E-state index in [1.54, 1.807) is 24.5 Å². The number of carbonyl (C=O) groups is 1. The van der Waals surface area contributed by atoms with Crippen LogP contribution in [0.3, 0.4) is 0 Å². The summed E-state index contributed by atoms with van der Waals surface area (Å²) in [4.78, 5) is 32.9. The van der Waals surface area contributed by atoms with Gasteiger partial charge in [0.15, 0.2) is 0 Å². The van der Waals surface area contributed by atoms with E-state index in [0.717, 1.165) is 13.0 Å². The number of ether oxygens (including phenoxy) is 1. The first kappa shape index (κ1) is 20.6. The smallest absolute Gasteiger partial charge is 0.247 e. The van der Waals surface area contributed by atoms with E-state index < -0.39 is 11.6 Å². The molecule has 2 aromatic heterocycles. The van der Waals surface area contributed by atoms with Crippen molar-refractivity contribution < 1.29 is 14.6 Å². The second kappa shape index (κ2) is 8.57. The van der Waals surface area contributed by atoms with E-state index in [-0.39, 0.29) is 11.5 Å². The predicted octanol–water partition coefficient (Wildman–Crippen LogP) is 1.87. The molecule has 160 valence electrons. The highest BCUT2D eigenvalue weighted by Crippen LogP contribution is 2.32. The average molecular weight is 412 g/mol. The van der Waals surface area contributed by atoms with Gasteiger partial charge in [-0.05, 0) is 63.3 Å². The summed E-state index contributed by atoms with van der Waals surface area (Å²) in [6, 6.07) is 6.16. The number of hydrogen-bond donors (Lipinski definition) is 3. The summed E-state index contributed by atoms with van der Waals surface area (Å²) in [7, 11) is 0. The average Bonchev–Trinajstić information content (AvgIpc) is 3.57. The molecule has 2 unspecified atom stereocenters. The van der Waals surface area contributed by atoms with Crippen LogP contribution in [0.4, 0.5) is 5.82 Å². The summed E-state index contributed by atoms with van der Waals surface area (Å²) in [6.45, 7) is 3.56. The van der Waals surface area contributed by atoms with E-state index in [1.165, 1.54) is 18.9 Å². The maximum atomic E-state index is 12.8. The predicted molar refractivity (Wildman–Crippen MR) is 112 cm³/mol. The Morgan fingerprint density at radius 3 is 2.90 bits per heavy atom. The molecule has 3 N–H and O–H groups in total. The Morgan fingerprint density at radius 1 is 1.40 bits per heavy atom. The standard InChI is InChI=1S/C22H28N4O4/c1-15(21(28)25-19-7-6-18(12-23-19)30-13-16-3-4-16)26-10-2-9-22(29,14-26)17-5-8-20(27)24-11-17/h5-8,11-12,15-16,29H,2-4,9-10,13-14H2,1H3,(H,24,27)(H,23,25,28). The van der Waals surface area contributed by atoms with Gasteiger partial charge in [-0.25, -0.2) is 4.98 Å². The second-order valence-electron chi connectivity index (χ2n) is 8.35. The van der Waals surface area contributed by atoms with Gasteiger partial charge in [-0.3, -0.25) is 14.5 Å². The third kappa shape index (κ3) is 4.88. The number of piperidine rings is 1. The summed E-state index contributed by atoms with van der Waals surface area (Å²) >= 11 is 0. The van der Waals surface area contributed by atoms with Crippen LogP contribution in [0.1, 0.15) is 38.2 Å². The molecule has 1 aliphatic carbocycles. The molecule has 1 saturated carbocycles. The van der Waals surface area contributed by atoms with Gasteiger partial charge in [0.25, 0.3) is 0 Å². The zero-order chi connectivity index (χ0) is 21.1. The van der Waals surface area contributed by atoms with Crippen LogP contribution in [0.15, 0.2) is 41.5 Å². The van der Waals surface area contributed by atoms with Crippen LogP contribution >= 0.6 is 0 Å². The molecule has 0 aromatic carbocycles. The molecule has 4 rings (SSSR count). The summed E-state index contributed by atoms with van der Waals surface area (Å²) in [6.07, 6.45) is 6.96. The van der Waals surface area contributed by atoms with Crippen LogP contribution in [0, 0.1) is 5.92 Å². The Kier molecular flexibility index (Phi) is 5.87. The molecular weight excluding hydrogens is 384 g/mol. The fourth-order valence-corrected chi connectivity index (χ4v) is 3.77. The van der Waals surface area contributed by atoms with Crippen molar-refractivity contribution in [1.82, 2.24) is 14.9 Å². The SMILES string of the molecule is CC(C(=O)Nc1ccc(OCC2CC2)cn1)N1CCCC(O)(c2ccc(=O)[nH]c2)C1. The van der Waals surface area contributed by atoms with E-state index in [2.05, 4.69) is 15.3 Å². The Bertz CT molecular complexity index is 920. The minimum absolute atomic E-state index is 0.181.